The monoisotopic (exact) mass is 349 g/mol. The second kappa shape index (κ2) is 6.85. The number of carbonyl (C=O) groups is 2. The van der Waals surface area contributed by atoms with Crippen LogP contribution in [-0.4, -0.2) is 26.8 Å². The van der Waals surface area contributed by atoms with Crippen LogP contribution < -0.4 is 5.32 Å². The van der Waals surface area contributed by atoms with E-state index in [-0.39, 0.29) is 12.5 Å². The molecule has 2 rings (SSSR count). The summed E-state index contributed by atoms with van der Waals surface area (Å²) < 4.78 is 2.20. The minimum absolute atomic E-state index is 0.245. The van der Waals surface area contributed by atoms with Crippen molar-refractivity contribution in [3.8, 4) is 0 Å². The minimum atomic E-state index is -0.994. The van der Waals surface area contributed by atoms with E-state index >= 15 is 0 Å². The van der Waals surface area contributed by atoms with Crippen LogP contribution in [0.3, 0.4) is 0 Å². The first-order valence-electron chi connectivity index (χ1n) is 6.02. The van der Waals surface area contributed by atoms with Gasteiger partial charge in [-0.3, -0.25) is 14.3 Å². The third-order valence-electron chi connectivity index (χ3n) is 2.50. The highest BCUT2D eigenvalue weighted by atomic mass is 79.9. The number of nitrogens with zero attached hydrogens (tertiary/aromatic N) is 2. The first kappa shape index (κ1) is 15.0. The van der Waals surface area contributed by atoms with Crippen LogP contribution in [0.15, 0.2) is 47.2 Å². The maximum Gasteiger partial charge on any atom is 0.325 e. The van der Waals surface area contributed by atoms with Crippen LogP contribution in [-0.2, 0) is 16.1 Å². The summed E-state index contributed by atoms with van der Waals surface area (Å²) in [5.74, 6) is -1.31. The van der Waals surface area contributed by atoms with Crippen LogP contribution in [0.4, 0.5) is 5.69 Å². The molecule has 21 heavy (non-hydrogen) atoms. The highest BCUT2D eigenvalue weighted by Crippen LogP contribution is 2.11. The zero-order chi connectivity index (χ0) is 15.2. The molecule has 2 aromatic rings. The van der Waals surface area contributed by atoms with Gasteiger partial charge < -0.3 is 10.4 Å². The maximum atomic E-state index is 11.7. The van der Waals surface area contributed by atoms with Gasteiger partial charge in [-0.25, -0.2) is 0 Å². The molecule has 1 heterocycles. The fourth-order valence-electron chi connectivity index (χ4n) is 1.58. The molecular weight excluding hydrogens is 338 g/mol. The quantitative estimate of drug-likeness (QED) is 0.811. The van der Waals surface area contributed by atoms with Gasteiger partial charge >= 0.3 is 5.97 Å². The van der Waals surface area contributed by atoms with Crippen molar-refractivity contribution in [2.45, 2.75) is 6.54 Å². The average molecular weight is 350 g/mol. The van der Waals surface area contributed by atoms with E-state index in [4.69, 9.17) is 5.11 Å². The Kier molecular flexibility index (Phi) is 4.89. The summed E-state index contributed by atoms with van der Waals surface area (Å²) in [4.78, 5) is 22.2. The molecule has 6 nitrogen and oxygen atoms in total. The number of aliphatic carboxylic acids is 1. The molecule has 108 valence electrons. The standard InChI is InChI=1S/C14H12BrN3O3/c15-11-4-1-10(2-5-11)3-6-13(19)17-12-7-16-18(8-12)9-14(20)21/h1-8H,9H2,(H,17,19)(H,20,21)/b6-3+. The lowest BCUT2D eigenvalue weighted by atomic mass is 10.2. The Morgan fingerprint density at radius 1 is 1.33 bits per heavy atom. The largest absolute Gasteiger partial charge is 0.480 e. The number of carboxylic acids is 1. The van der Waals surface area contributed by atoms with Gasteiger partial charge in [-0.15, -0.1) is 0 Å². The summed E-state index contributed by atoms with van der Waals surface area (Å²) >= 11 is 3.33. The van der Waals surface area contributed by atoms with Crippen LogP contribution in [0, 0.1) is 0 Å². The molecule has 1 aromatic carbocycles. The van der Waals surface area contributed by atoms with Gasteiger partial charge in [0.15, 0.2) is 0 Å². The number of nitrogens with one attached hydrogen (secondary N) is 1. The fraction of sp³-hybridized carbons (Fsp3) is 0.0714. The Morgan fingerprint density at radius 3 is 2.71 bits per heavy atom. The van der Waals surface area contributed by atoms with Crippen molar-refractivity contribution in [3.63, 3.8) is 0 Å². The molecule has 0 aliphatic rings. The lowest BCUT2D eigenvalue weighted by Crippen LogP contribution is -2.09. The SMILES string of the molecule is O=C(O)Cn1cc(NC(=O)/C=C/c2ccc(Br)cc2)cn1. The van der Waals surface area contributed by atoms with Gasteiger partial charge in [0.05, 0.1) is 11.9 Å². The third kappa shape index (κ3) is 4.88. The molecule has 0 fully saturated rings. The zero-order valence-electron chi connectivity index (χ0n) is 10.9. The number of halogens is 1. The molecule has 7 heteroatoms. The van der Waals surface area contributed by atoms with Crippen LogP contribution >= 0.6 is 15.9 Å². The summed E-state index contributed by atoms with van der Waals surface area (Å²) in [5, 5.41) is 15.1. The van der Waals surface area contributed by atoms with Gasteiger partial charge in [0.2, 0.25) is 5.91 Å². The van der Waals surface area contributed by atoms with E-state index in [9.17, 15) is 9.59 Å². The van der Waals surface area contributed by atoms with Gasteiger partial charge in [-0.05, 0) is 23.8 Å². The maximum absolute atomic E-state index is 11.7. The van der Waals surface area contributed by atoms with Gasteiger partial charge in [0.1, 0.15) is 6.54 Å². The molecular formula is C14H12BrN3O3. The first-order valence-corrected chi connectivity index (χ1v) is 6.81. The van der Waals surface area contributed by atoms with Crippen LogP contribution in [0.5, 0.6) is 0 Å². The van der Waals surface area contributed by atoms with E-state index in [0.29, 0.717) is 5.69 Å². The van der Waals surface area contributed by atoms with Crippen molar-refractivity contribution in [3.05, 3.63) is 52.8 Å². The summed E-state index contributed by atoms with van der Waals surface area (Å²) in [5.41, 5.74) is 1.34. The van der Waals surface area contributed by atoms with Crippen molar-refractivity contribution >= 4 is 39.6 Å². The van der Waals surface area contributed by atoms with Crippen molar-refractivity contribution in [2.75, 3.05) is 5.32 Å². The normalized spacial score (nSPS) is 10.7. The highest BCUT2D eigenvalue weighted by molar-refractivity contribution is 9.10. The summed E-state index contributed by atoms with van der Waals surface area (Å²) in [6.45, 7) is -0.245. The molecule has 0 radical (unpaired) electrons. The van der Waals surface area contributed by atoms with Gasteiger partial charge in [0.25, 0.3) is 0 Å². The number of hydrogen-bond acceptors (Lipinski definition) is 3. The lowest BCUT2D eigenvalue weighted by Gasteiger charge is -1.97. The van der Waals surface area contributed by atoms with Gasteiger partial charge in [0, 0.05) is 16.7 Å². The van der Waals surface area contributed by atoms with E-state index in [1.165, 1.54) is 23.2 Å². The van der Waals surface area contributed by atoms with Gasteiger partial charge in [-0.2, -0.15) is 5.10 Å². The number of carboxylic acid groups (broad SMARTS) is 1. The number of rotatable bonds is 5. The van der Waals surface area contributed by atoms with E-state index in [2.05, 4.69) is 26.3 Å². The van der Waals surface area contributed by atoms with Crippen molar-refractivity contribution in [1.82, 2.24) is 9.78 Å². The Labute approximate surface area is 129 Å². The molecule has 0 saturated carbocycles. The Morgan fingerprint density at radius 2 is 2.05 bits per heavy atom. The molecule has 0 saturated heterocycles. The van der Waals surface area contributed by atoms with Crippen LogP contribution in [0.1, 0.15) is 5.56 Å². The molecule has 0 bridgehead atoms. The predicted octanol–water partition coefficient (Wildman–Crippen LogP) is 2.38. The number of aromatic nitrogens is 2. The highest BCUT2D eigenvalue weighted by Gasteiger charge is 2.04. The zero-order valence-corrected chi connectivity index (χ0v) is 12.4. The number of anilines is 1. The lowest BCUT2D eigenvalue weighted by molar-refractivity contribution is -0.137. The molecule has 0 aliphatic carbocycles. The second-order valence-corrected chi connectivity index (χ2v) is 5.11. The summed E-state index contributed by atoms with van der Waals surface area (Å²) in [7, 11) is 0. The first-order chi connectivity index (χ1) is 10.0. The Balaban J connectivity index is 1.93. The van der Waals surface area contributed by atoms with Crippen LogP contribution in [0.25, 0.3) is 6.08 Å². The van der Waals surface area contributed by atoms with Crippen LogP contribution in [0.2, 0.25) is 0 Å². The van der Waals surface area contributed by atoms with Crippen molar-refractivity contribution < 1.29 is 14.7 Å². The number of amides is 1. The Bertz CT molecular complexity index is 677. The molecule has 1 aromatic heterocycles. The summed E-state index contributed by atoms with van der Waals surface area (Å²) in [6, 6.07) is 7.51. The number of hydrogen-bond donors (Lipinski definition) is 2. The average Bonchev–Trinajstić information content (AvgIpc) is 2.84. The topological polar surface area (TPSA) is 84.2 Å². The van der Waals surface area contributed by atoms with E-state index in [0.717, 1.165) is 10.0 Å². The molecule has 0 aliphatic heterocycles. The molecule has 0 unspecified atom stereocenters. The second-order valence-electron chi connectivity index (χ2n) is 4.19. The van der Waals surface area contributed by atoms with E-state index < -0.39 is 5.97 Å². The van der Waals surface area contributed by atoms with E-state index in [1.54, 1.807) is 6.08 Å². The molecule has 1 amide bonds. The van der Waals surface area contributed by atoms with E-state index in [1.807, 2.05) is 24.3 Å². The third-order valence-corrected chi connectivity index (χ3v) is 3.02. The van der Waals surface area contributed by atoms with Crippen molar-refractivity contribution in [1.29, 1.82) is 0 Å². The molecule has 0 spiro atoms. The Hall–Kier alpha value is -2.41. The fourth-order valence-corrected chi connectivity index (χ4v) is 1.85. The smallest absolute Gasteiger partial charge is 0.325 e. The predicted molar refractivity (Wildman–Crippen MR) is 81.7 cm³/mol. The van der Waals surface area contributed by atoms with Crippen molar-refractivity contribution in [2.24, 2.45) is 0 Å². The molecule has 2 N–H and O–H groups in total. The minimum Gasteiger partial charge on any atom is -0.480 e. The number of benzene rings is 1. The number of carbonyl (C=O) groups excluding carboxylic acids is 1. The summed E-state index contributed by atoms with van der Waals surface area (Å²) in [6.07, 6.45) is 5.94. The van der Waals surface area contributed by atoms with Gasteiger partial charge in [-0.1, -0.05) is 28.1 Å². The molecule has 0 atom stereocenters.